The minimum atomic E-state index is -0.846. The van der Waals surface area contributed by atoms with Gasteiger partial charge in [0.05, 0.1) is 17.0 Å². The van der Waals surface area contributed by atoms with E-state index in [-0.39, 0.29) is 17.5 Å². The molecule has 3 unspecified atom stereocenters. The minimum absolute atomic E-state index is 0.0407. The number of hydrogen-bond acceptors (Lipinski definition) is 2. The smallest absolute Gasteiger partial charge is 0.333 e. The van der Waals surface area contributed by atoms with Gasteiger partial charge in [0, 0.05) is 23.2 Å². The number of carboxylic acids is 1. The summed E-state index contributed by atoms with van der Waals surface area (Å²) >= 11 is 12.2. The highest BCUT2D eigenvalue weighted by atomic mass is 35.5. The van der Waals surface area contributed by atoms with Crippen molar-refractivity contribution in [3.8, 4) is 0 Å². The second-order valence-corrected chi connectivity index (χ2v) is 5.62. The van der Waals surface area contributed by atoms with Crippen LogP contribution in [0, 0.1) is 0 Å². The van der Waals surface area contributed by atoms with E-state index in [1.54, 1.807) is 6.08 Å². The van der Waals surface area contributed by atoms with E-state index in [9.17, 15) is 4.79 Å². The van der Waals surface area contributed by atoms with Crippen LogP contribution in [0.3, 0.4) is 0 Å². The van der Waals surface area contributed by atoms with Gasteiger partial charge in [0.25, 0.3) is 0 Å². The number of rotatable bonds is 2. The van der Waals surface area contributed by atoms with Crippen molar-refractivity contribution >= 4 is 29.2 Å². The van der Waals surface area contributed by atoms with Gasteiger partial charge in [-0.25, -0.2) is 4.79 Å². The molecule has 5 heteroatoms. The average Bonchev–Trinajstić information content (AvgIpc) is 2.56. The largest absolute Gasteiger partial charge is 0.478 e. The van der Waals surface area contributed by atoms with Crippen LogP contribution in [0.15, 0.2) is 34.5 Å². The monoisotopic (exact) mass is 287 g/mol. The molecule has 98 valence electrons. The van der Waals surface area contributed by atoms with Gasteiger partial charge >= 0.3 is 5.97 Å². The summed E-state index contributed by atoms with van der Waals surface area (Å²) in [5.74, 6) is -0.846. The van der Waals surface area contributed by atoms with Crippen molar-refractivity contribution in [3.63, 3.8) is 0 Å². The van der Waals surface area contributed by atoms with Crippen LogP contribution in [-0.2, 0) is 4.79 Å². The summed E-state index contributed by atoms with van der Waals surface area (Å²) in [5.41, 5.74) is 1.27. The molecule has 18 heavy (non-hydrogen) atoms. The maximum Gasteiger partial charge on any atom is 0.333 e. The van der Waals surface area contributed by atoms with Crippen LogP contribution in [0.25, 0.3) is 0 Å². The lowest BCUT2D eigenvalue weighted by Crippen LogP contribution is -2.41. The molecule has 0 saturated carbocycles. The molecule has 0 spiro atoms. The summed E-state index contributed by atoms with van der Waals surface area (Å²) in [6.45, 7) is 3.85. The van der Waals surface area contributed by atoms with E-state index in [4.69, 9.17) is 28.3 Å². The van der Waals surface area contributed by atoms with E-state index < -0.39 is 5.97 Å². The third-order valence-electron chi connectivity index (χ3n) is 3.48. The Kier molecular flexibility index (Phi) is 3.74. The molecule has 2 rings (SSSR count). The number of nitrogens with zero attached hydrogens (tertiary/aromatic N) is 1. The molecule has 0 radical (unpaired) electrons. The number of carboxylic acid groups (broad SMARTS) is 1. The van der Waals surface area contributed by atoms with Gasteiger partial charge in [0.2, 0.25) is 0 Å². The van der Waals surface area contributed by atoms with Crippen molar-refractivity contribution in [2.75, 3.05) is 0 Å². The molecule has 1 N–H and O–H groups in total. The first-order chi connectivity index (χ1) is 8.41. The molecule has 1 aliphatic carbocycles. The number of aliphatic carboxylic acids is 1. The Morgan fingerprint density at radius 2 is 2.22 bits per heavy atom. The van der Waals surface area contributed by atoms with Crippen LogP contribution < -0.4 is 0 Å². The van der Waals surface area contributed by atoms with E-state index >= 15 is 0 Å². The highest BCUT2D eigenvalue weighted by molar-refractivity contribution is 6.32. The molecule has 3 atom stereocenters. The summed E-state index contributed by atoms with van der Waals surface area (Å²) in [4.78, 5) is 13.2. The topological polar surface area (TPSA) is 40.5 Å². The van der Waals surface area contributed by atoms with Crippen LogP contribution >= 0.6 is 23.2 Å². The lowest BCUT2D eigenvalue weighted by Gasteiger charge is -2.36. The standard InChI is InChI=1S/C13H15Cl2NO2/c1-7-5-10(13(17)18)8(2)16(7)12-4-3-9(14)6-11(12)15/h3-4,6-7,11-12H,5H2,1-2H3,(H,17,18). The van der Waals surface area contributed by atoms with Crippen molar-refractivity contribution in [1.29, 1.82) is 0 Å². The van der Waals surface area contributed by atoms with E-state index in [1.165, 1.54) is 0 Å². The Morgan fingerprint density at radius 1 is 1.56 bits per heavy atom. The van der Waals surface area contributed by atoms with Crippen LogP contribution in [0.4, 0.5) is 0 Å². The van der Waals surface area contributed by atoms with Crippen LogP contribution in [-0.4, -0.2) is 33.4 Å². The Balaban J connectivity index is 2.29. The molecule has 1 aliphatic heterocycles. The van der Waals surface area contributed by atoms with Crippen LogP contribution in [0.2, 0.25) is 0 Å². The Hall–Kier alpha value is -0.930. The third kappa shape index (κ3) is 2.29. The van der Waals surface area contributed by atoms with Gasteiger partial charge in [-0.1, -0.05) is 17.7 Å². The second-order valence-electron chi connectivity index (χ2n) is 4.68. The predicted octanol–water partition coefficient (Wildman–Crippen LogP) is 3.11. The Labute approximate surface area is 116 Å². The molecule has 0 saturated heterocycles. The maximum atomic E-state index is 11.2. The summed E-state index contributed by atoms with van der Waals surface area (Å²) < 4.78 is 0. The number of carbonyl (C=O) groups is 1. The van der Waals surface area contributed by atoms with Gasteiger partial charge < -0.3 is 10.0 Å². The summed E-state index contributed by atoms with van der Waals surface area (Å²) in [6.07, 6.45) is 6.08. The zero-order chi connectivity index (χ0) is 13.4. The van der Waals surface area contributed by atoms with Crippen LogP contribution in [0.5, 0.6) is 0 Å². The number of alkyl halides is 1. The molecule has 2 aliphatic rings. The van der Waals surface area contributed by atoms with Crippen molar-refractivity contribution in [2.45, 2.75) is 37.7 Å². The number of allylic oxidation sites excluding steroid dienone is 3. The van der Waals surface area contributed by atoms with Gasteiger partial charge in [0.15, 0.2) is 0 Å². The van der Waals surface area contributed by atoms with E-state index in [2.05, 4.69) is 4.90 Å². The van der Waals surface area contributed by atoms with Crippen LogP contribution in [0.1, 0.15) is 20.3 Å². The molecule has 0 amide bonds. The Morgan fingerprint density at radius 3 is 2.72 bits per heavy atom. The van der Waals surface area contributed by atoms with Crippen molar-refractivity contribution in [3.05, 3.63) is 34.5 Å². The lowest BCUT2D eigenvalue weighted by molar-refractivity contribution is -0.132. The van der Waals surface area contributed by atoms with E-state index in [0.29, 0.717) is 17.0 Å². The van der Waals surface area contributed by atoms with Crippen molar-refractivity contribution in [1.82, 2.24) is 4.90 Å². The highest BCUT2D eigenvalue weighted by Crippen LogP contribution is 2.35. The molecule has 0 bridgehead atoms. The zero-order valence-electron chi connectivity index (χ0n) is 10.2. The lowest BCUT2D eigenvalue weighted by atomic mass is 10.0. The number of hydrogen-bond donors (Lipinski definition) is 1. The normalized spacial score (nSPS) is 31.9. The first-order valence-corrected chi connectivity index (χ1v) is 6.64. The molecule has 0 aromatic rings. The van der Waals surface area contributed by atoms with Gasteiger partial charge in [0.1, 0.15) is 0 Å². The maximum absolute atomic E-state index is 11.2. The predicted molar refractivity (Wildman–Crippen MR) is 72.8 cm³/mol. The quantitative estimate of drug-likeness (QED) is 0.794. The fraction of sp³-hybridized carbons (Fsp3) is 0.462. The molecular formula is C13H15Cl2NO2. The fourth-order valence-electron chi connectivity index (χ4n) is 2.64. The minimum Gasteiger partial charge on any atom is -0.478 e. The zero-order valence-corrected chi connectivity index (χ0v) is 11.7. The SMILES string of the molecule is CC1=C(C(=O)O)CC(C)N1C1C=CC(Cl)=CC1Cl. The van der Waals surface area contributed by atoms with Crippen molar-refractivity contribution < 1.29 is 9.90 Å². The third-order valence-corrected chi connectivity index (χ3v) is 4.11. The molecule has 0 aromatic heterocycles. The summed E-state index contributed by atoms with van der Waals surface area (Å²) in [7, 11) is 0. The van der Waals surface area contributed by atoms with Gasteiger partial charge in [-0.2, -0.15) is 0 Å². The first-order valence-electron chi connectivity index (χ1n) is 5.82. The van der Waals surface area contributed by atoms with Gasteiger partial charge in [-0.3, -0.25) is 0 Å². The second kappa shape index (κ2) is 4.98. The summed E-state index contributed by atoms with van der Waals surface area (Å²) in [5, 5.41) is 9.54. The van der Waals surface area contributed by atoms with Crippen molar-refractivity contribution in [2.24, 2.45) is 0 Å². The average molecular weight is 288 g/mol. The van der Waals surface area contributed by atoms with E-state index in [1.807, 2.05) is 26.0 Å². The Bertz CT molecular complexity index is 468. The van der Waals surface area contributed by atoms with Gasteiger partial charge in [-0.05, 0) is 26.0 Å². The molecule has 1 heterocycles. The fourth-order valence-corrected chi connectivity index (χ4v) is 3.25. The molecular weight excluding hydrogens is 273 g/mol. The summed E-state index contributed by atoms with van der Waals surface area (Å²) in [6, 6.07) is 0.0956. The molecule has 3 nitrogen and oxygen atoms in total. The van der Waals surface area contributed by atoms with E-state index in [0.717, 1.165) is 5.70 Å². The highest BCUT2D eigenvalue weighted by Gasteiger charge is 2.36. The molecule has 0 aromatic carbocycles. The first kappa shape index (κ1) is 13.5. The number of halogens is 2. The molecule has 0 fully saturated rings. The van der Waals surface area contributed by atoms with Gasteiger partial charge in [-0.15, -0.1) is 11.6 Å².